The summed E-state index contributed by atoms with van der Waals surface area (Å²) >= 11 is 0. The van der Waals surface area contributed by atoms with Crippen molar-refractivity contribution in [2.75, 3.05) is 39.4 Å². The first-order valence-electron chi connectivity index (χ1n) is 16.3. The molecule has 0 aliphatic rings. The first kappa shape index (κ1) is 44.0. The van der Waals surface area contributed by atoms with Crippen molar-refractivity contribution in [3.05, 3.63) is 0 Å². The second-order valence-corrected chi connectivity index (χ2v) is 11.6. The third-order valence-corrected chi connectivity index (χ3v) is 7.70. The molecule has 0 radical (unpaired) electrons. The zero-order chi connectivity index (χ0) is 35.1. The van der Waals surface area contributed by atoms with Crippen LogP contribution in [0, 0.1) is 0 Å². The Labute approximate surface area is 271 Å². The summed E-state index contributed by atoms with van der Waals surface area (Å²) in [5, 5.41) is 100. The molecule has 0 aromatic carbocycles. The number of aliphatic hydroxyl groups is 10. The Hall–Kier alpha value is -1.99. The van der Waals surface area contributed by atoms with Gasteiger partial charge in [-0.3, -0.25) is 14.4 Å². The molecular weight excluding hydrogens is 610 g/mol. The molecule has 46 heavy (non-hydrogen) atoms. The van der Waals surface area contributed by atoms with E-state index >= 15 is 0 Å². The van der Waals surface area contributed by atoms with Crippen LogP contribution < -0.4 is 10.6 Å². The van der Waals surface area contributed by atoms with E-state index in [0.29, 0.717) is 12.8 Å². The van der Waals surface area contributed by atoms with Gasteiger partial charge in [-0.2, -0.15) is 0 Å². The van der Waals surface area contributed by atoms with Crippen molar-refractivity contribution in [3.8, 4) is 0 Å². The second kappa shape index (κ2) is 26.0. The Morgan fingerprint density at radius 2 is 0.913 bits per heavy atom. The first-order chi connectivity index (χ1) is 21.8. The predicted molar refractivity (Wildman–Crippen MR) is 166 cm³/mol. The average molecular weight is 670 g/mol. The summed E-state index contributed by atoms with van der Waals surface area (Å²) < 4.78 is 0. The summed E-state index contributed by atoms with van der Waals surface area (Å²) in [5.41, 5.74) is 0. The van der Waals surface area contributed by atoms with Gasteiger partial charge in [0.15, 0.2) is 12.2 Å². The zero-order valence-electron chi connectivity index (χ0n) is 27.0. The molecule has 3 amide bonds. The van der Waals surface area contributed by atoms with Gasteiger partial charge in [-0.25, -0.2) is 0 Å². The van der Waals surface area contributed by atoms with E-state index < -0.39 is 73.9 Å². The van der Waals surface area contributed by atoms with Crippen molar-refractivity contribution in [2.45, 2.75) is 133 Å². The van der Waals surface area contributed by atoms with Gasteiger partial charge in [0.1, 0.15) is 36.6 Å². The summed E-state index contributed by atoms with van der Waals surface area (Å²) in [5.74, 6) is -2.19. The van der Waals surface area contributed by atoms with Crippen LogP contribution in [0.25, 0.3) is 0 Å². The maximum atomic E-state index is 13.0. The highest BCUT2D eigenvalue weighted by Gasteiger charge is 2.35. The highest BCUT2D eigenvalue weighted by atomic mass is 16.4. The number of aliphatic hydroxyl groups excluding tert-OH is 10. The number of rotatable bonds is 28. The van der Waals surface area contributed by atoms with E-state index in [1.807, 2.05) is 0 Å². The van der Waals surface area contributed by atoms with Crippen molar-refractivity contribution in [3.63, 3.8) is 0 Å². The molecule has 0 rings (SSSR count). The van der Waals surface area contributed by atoms with Gasteiger partial charge in [0, 0.05) is 32.6 Å². The molecule has 0 unspecified atom stereocenters. The summed E-state index contributed by atoms with van der Waals surface area (Å²) in [4.78, 5) is 38.9. The minimum Gasteiger partial charge on any atom is -0.394 e. The van der Waals surface area contributed by atoms with Crippen LogP contribution in [-0.4, -0.2) is 162 Å². The molecule has 0 aromatic rings. The third kappa shape index (κ3) is 17.8. The minimum absolute atomic E-state index is 0.00803. The first-order valence-corrected chi connectivity index (χ1v) is 16.3. The lowest BCUT2D eigenvalue weighted by molar-refractivity contribution is -0.149. The molecule has 0 saturated carbocycles. The number of hydrogen-bond acceptors (Lipinski definition) is 13. The van der Waals surface area contributed by atoms with Crippen molar-refractivity contribution in [1.29, 1.82) is 0 Å². The summed E-state index contributed by atoms with van der Waals surface area (Å²) in [7, 11) is 0. The van der Waals surface area contributed by atoms with Crippen LogP contribution in [0.1, 0.15) is 84.0 Å². The number of amides is 3. The minimum atomic E-state index is -2.08. The van der Waals surface area contributed by atoms with Gasteiger partial charge in [0.2, 0.25) is 5.91 Å². The Morgan fingerprint density at radius 1 is 0.543 bits per heavy atom. The van der Waals surface area contributed by atoms with E-state index in [1.54, 1.807) is 4.90 Å². The van der Waals surface area contributed by atoms with Crippen LogP contribution >= 0.6 is 0 Å². The maximum Gasteiger partial charge on any atom is 0.251 e. The molecule has 8 atom stereocenters. The van der Waals surface area contributed by atoms with E-state index in [4.69, 9.17) is 10.2 Å². The van der Waals surface area contributed by atoms with Crippen LogP contribution in [-0.2, 0) is 14.4 Å². The van der Waals surface area contributed by atoms with Gasteiger partial charge in [-0.15, -0.1) is 0 Å². The molecule has 0 heterocycles. The van der Waals surface area contributed by atoms with Crippen LogP contribution in [0.5, 0.6) is 0 Å². The topological polar surface area (TPSA) is 281 Å². The lowest BCUT2D eigenvalue weighted by Gasteiger charge is -2.26. The standard InChI is InChI=1S/C30H59N3O13/c1-2-3-4-5-6-7-8-9-10-13-22(38)33(16-11-14-31-29(45)27(43)25(41)23(39)20(36)18-34)17-12-15-32-30(46)28(44)26(42)24(40)21(37)19-35/h20-21,23-28,34-37,39-44H,2-19H2,1H3,(H,31,45)(H,32,46)/t20-,21-,23-,24-,25+,26+,27-,28-/m1/s1. The van der Waals surface area contributed by atoms with Gasteiger partial charge in [-0.05, 0) is 19.3 Å². The largest absolute Gasteiger partial charge is 0.394 e. The fraction of sp³-hybridized carbons (Fsp3) is 0.900. The smallest absolute Gasteiger partial charge is 0.251 e. The zero-order valence-corrected chi connectivity index (χ0v) is 27.0. The average Bonchev–Trinajstić information content (AvgIpc) is 3.06. The molecule has 0 bridgehead atoms. The predicted octanol–water partition coefficient (Wildman–Crippen LogP) is -3.38. The number of nitrogens with one attached hydrogen (secondary N) is 2. The number of carbonyl (C=O) groups is 3. The third-order valence-electron chi connectivity index (χ3n) is 7.70. The summed E-state index contributed by atoms with van der Waals surface area (Å²) in [6.45, 7) is 0.764. The van der Waals surface area contributed by atoms with E-state index in [9.17, 15) is 55.2 Å². The van der Waals surface area contributed by atoms with Gasteiger partial charge >= 0.3 is 0 Å². The second-order valence-electron chi connectivity index (χ2n) is 11.6. The van der Waals surface area contributed by atoms with Crippen molar-refractivity contribution in [2.24, 2.45) is 0 Å². The molecule has 12 N–H and O–H groups in total. The SMILES string of the molecule is CCCCCCCCCCCC(=O)N(CCCNC(=O)[C@H](O)[C@@H](O)[C@H](O)[C@H](O)CO)CCCNC(=O)[C@H](O)[C@@H](O)[C@H](O)[C@H](O)CO. The van der Waals surface area contributed by atoms with E-state index in [2.05, 4.69) is 17.6 Å². The lowest BCUT2D eigenvalue weighted by atomic mass is 10.0. The fourth-order valence-electron chi connectivity index (χ4n) is 4.63. The van der Waals surface area contributed by atoms with E-state index in [0.717, 1.165) is 25.7 Å². The molecule has 272 valence electrons. The fourth-order valence-corrected chi connectivity index (χ4v) is 4.63. The van der Waals surface area contributed by atoms with Crippen LogP contribution in [0.3, 0.4) is 0 Å². The van der Waals surface area contributed by atoms with Crippen LogP contribution in [0.2, 0.25) is 0 Å². The van der Waals surface area contributed by atoms with E-state index in [-0.39, 0.29) is 44.9 Å². The number of carbonyl (C=O) groups excluding carboxylic acids is 3. The molecule has 16 nitrogen and oxygen atoms in total. The molecule has 0 spiro atoms. The highest BCUT2D eigenvalue weighted by molar-refractivity contribution is 5.81. The van der Waals surface area contributed by atoms with Crippen molar-refractivity contribution < 1.29 is 65.4 Å². The summed E-state index contributed by atoms with van der Waals surface area (Å²) in [6.07, 6.45) is -5.15. The molecule has 0 saturated heterocycles. The number of unbranched alkanes of at least 4 members (excludes halogenated alkanes) is 8. The van der Waals surface area contributed by atoms with Gasteiger partial charge < -0.3 is 66.6 Å². The molecule has 0 aliphatic carbocycles. The molecule has 0 fully saturated rings. The quantitative estimate of drug-likeness (QED) is 0.0363. The maximum absolute atomic E-state index is 13.0. The van der Waals surface area contributed by atoms with E-state index in [1.165, 1.54) is 25.7 Å². The molecule has 16 heteroatoms. The monoisotopic (exact) mass is 669 g/mol. The Bertz CT molecular complexity index is 777. The number of hydrogen-bond donors (Lipinski definition) is 12. The Balaban J connectivity index is 4.89. The molecule has 0 aliphatic heterocycles. The van der Waals surface area contributed by atoms with Gasteiger partial charge in [0.25, 0.3) is 11.8 Å². The molecule has 0 aromatic heterocycles. The van der Waals surface area contributed by atoms with Crippen molar-refractivity contribution >= 4 is 17.7 Å². The normalized spacial score (nSPS) is 16.8. The van der Waals surface area contributed by atoms with Gasteiger partial charge in [-0.1, -0.05) is 58.3 Å². The van der Waals surface area contributed by atoms with Crippen molar-refractivity contribution in [1.82, 2.24) is 15.5 Å². The Morgan fingerprint density at radius 3 is 1.28 bits per heavy atom. The Kier molecular flexibility index (Phi) is 24.9. The van der Waals surface area contributed by atoms with Crippen LogP contribution in [0.15, 0.2) is 0 Å². The van der Waals surface area contributed by atoms with Crippen LogP contribution in [0.4, 0.5) is 0 Å². The van der Waals surface area contributed by atoms with Gasteiger partial charge in [0.05, 0.1) is 13.2 Å². The summed E-state index contributed by atoms with van der Waals surface area (Å²) in [6, 6.07) is 0. The highest BCUT2D eigenvalue weighted by Crippen LogP contribution is 2.12. The number of nitrogens with zero attached hydrogens (tertiary/aromatic N) is 1. The lowest BCUT2D eigenvalue weighted by Crippen LogP contribution is -2.52. The molecular formula is C30H59N3O13.